The van der Waals surface area contributed by atoms with Crippen molar-refractivity contribution in [3.05, 3.63) is 29.4 Å². The Kier molecular flexibility index (Phi) is 5.17. The van der Waals surface area contributed by atoms with Gasteiger partial charge in [-0.1, -0.05) is 0 Å². The Morgan fingerprint density at radius 3 is 2.80 bits per heavy atom. The highest BCUT2D eigenvalue weighted by Gasteiger charge is 2.08. The second-order valence-electron chi connectivity index (χ2n) is 4.20. The number of thiazole rings is 1. The third-order valence-corrected chi connectivity index (χ3v) is 4.05. The molecule has 0 saturated heterocycles. The summed E-state index contributed by atoms with van der Waals surface area (Å²) in [5, 5.41) is 4.41. The van der Waals surface area contributed by atoms with Crippen molar-refractivity contribution in [2.75, 3.05) is 30.4 Å². The molecular weight excluding hydrogens is 272 g/mol. The monoisotopic (exact) mass is 292 g/mol. The Labute approximate surface area is 123 Å². The molecule has 0 aromatic carbocycles. The van der Waals surface area contributed by atoms with Crippen LogP contribution >= 0.6 is 11.3 Å². The summed E-state index contributed by atoms with van der Waals surface area (Å²) in [5.74, 6) is 0.612. The fourth-order valence-corrected chi connectivity index (χ4v) is 2.87. The molecule has 0 bridgehead atoms. The summed E-state index contributed by atoms with van der Waals surface area (Å²) in [7, 11) is 1.62. The average Bonchev–Trinajstić information content (AvgIpc) is 2.95. The molecule has 1 N–H and O–H groups in total. The van der Waals surface area contributed by atoms with Gasteiger partial charge in [0.2, 0.25) is 5.88 Å². The molecule has 2 heterocycles. The summed E-state index contributed by atoms with van der Waals surface area (Å²) in [5.41, 5.74) is 0.896. The maximum Gasteiger partial charge on any atom is 0.237 e. The number of pyridine rings is 1. The van der Waals surface area contributed by atoms with Crippen molar-refractivity contribution in [1.29, 1.82) is 0 Å². The zero-order valence-electron chi connectivity index (χ0n) is 12.1. The van der Waals surface area contributed by atoms with E-state index in [4.69, 9.17) is 4.74 Å². The van der Waals surface area contributed by atoms with Crippen LogP contribution in [0, 0.1) is 0 Å². The van der Waals surface area contributed by atoms with E-state index in [0.717, 1.165) is 30.5 Å². The number of methoxy groups -OCH3 is 1. The first-order valence-corrected chi connectivity index (χ1v) is 7.52. The molecule has 6 heteroatoms. The first-order valence-electron chi connectivity index (χ1n) is 6.71. The van der Waals surface area contributed by atoms with Crippen LogP contribution < -0.4 is 15.0 Å². The van der Waals surface area contributed by atoms with Crippen molar-refractivity contribution in [2.24, 2.45) is 0 Å². The van der Waals surface area contributed by atoms with Gasteiger partial charge in [-0.05, 0) is 26.0 Å². The van der Waals surface area contributed by atoms with E-state index in [1.54, 1.807) is 24.6 Å². The molecule has 0 fully saturated rings. The van der Waals surface area contributed by atoms with E-state index in [1.807, 2.05) is 18.3 Å². The fraction of sp³-hybridized carbons (Fsp3) is 0.429. The van der Waals surface area contributed by atoms with E-state index in [1.165, 1.54) is 4.88 Å². The third-order valence-electron chi connectivity index (χ3n) is 2.99. The van der Waals surface area contributed by atoms with E-state index >= 15 is 0 Å². The lowest BCUT2D eigenvalue weighted by atomic mass is 10.4. The molecule has 2 rings (SSSR count). The van der Waals surface area contributed by atoms with Crippen molar-refractivity contribution in [3.63, 3.8) is 0 Å². The van der Waals surface area contributed by atoms with E-state index in [9.17, 15) is 0 Å². The van der Waals surface area contributed by atoms with Crippen molar-refractivity contribution < 1.29 is 4.74 Å². The van der Waals surface area contributed by atoms with E-state index < -0.39 is 0 Å². The van der Waals surface area contributed by atoms with Crippen LogP contribution in [0.1, 0.15) is 18.7 Å². The average molecular weight is 292 g/mol. The Hall–Kier alpha value is -1.82. The lowest BCUT2D eigenvalue weighted by Crippen LogP contribution is -2.21. The number of aromatic nitrogens is 2. The minimum atomic E-state index is 0.612. The van der Waals surface area contributed by atoms with Crippen molar-refractivity contribution in [1.82, 2.24) is 9.97 Å². The Morgan fingerprint density at radius 2 is 2.10 bits per heavy atom. The van der Waals surface area contributed by atoms with Crippen LogP contribution in [0.5, 0.6) is 5.88 Å². The number of hydrogen-bond acceptors (Lipinski definition) is 6. The van der Waals surface area contributed by atoms with Gasteiger partial charge < -0.3 is 15.0 Å². The molecule has 2 aromatic heterocycles. The van der Waals surface area contributed by atoms with Crippen molar-refractivity contribution in [3.8, 4) is 5.88 Å². The van der Waals surface area contributed by atoms with Gasteiger partial charge in [-0.2, -0.15) is 0 Å². The molecule has 108 valence electrons. The predicted octanol–water partition coefficient (Wildman–Crippen LogP) is 3.01. The second kappa shape index (κ2) is 7.09. The highest BCUT2D eigenvalue weighted by atomic mass is 32.1. The van der Waals surface area contributed by atoms with Crippen molar-refractivity contribution in [2.45, 2.75) is 20.4 Å². The lowest BCUT2D eigenvalue weighted by Gasteiger charge is -2.16. The second-order valence-corrected chi connectivity index (χ2v) is 5.29. The largest absolute Gasteiger partial charge is 0.480 e. The van der Waals surface area contributed by atoms with E-state index in [0.29, 0.717) is 5.88 Å². The summed E-state index contributed by atoms with van der Waals surface area (Å²) in [6.45, 7) is 6.97. The standard InChI is InChI=1S/C14H20N4OS/c1-4-18(5-2)14-17-10-11(20-14)9-16-12-7-6-8-15-13(12)19-3/h6-8,10,16H,4-5,9H2,1-3H3. The van der Waals surface area contributed by atoms with Crippen LogP contribution in [0.15, 0.2) is 24.5 Å². The molecule has 20 heavy (non-hydrogen) atoms. The molecule has 0 atom stereocenters. The number of ether oxygens (including phenoxy) is 1. The maximum atomic E-state index is 5.22. The predicted molar refractivity (Wildman–Crippen MR) is 83.8 cm³/mol. The topological polar surface area (TPSA) is 50.3 Å². The number of nitrogens with zero attached hydrogens (tertiary/aromatic N) is 3. The summed E-state index contributed by atoms with van der Waals surface area (Å²) >= 11 is 1.71. The maximum absolute atomic E-state index is 5.22. The van der Waals surface area contributed by atoms with Crippen LogP contribution in [0.4, 0.5) is 10.8 Å². The molecule has 0 amide bonds. The molecule has 0 spiro atoms. The lowest BCUT2D eigenvalue weighted by molar-refractivity contribution is 0.399. The zero-order chi connectivity index (χ0) is 14.4. The number of rotatable bonds is 7. The van der Waals surface area contributed by atoms with Crippen molar-refractivity contribution >= 4 is 22.2 Å². The van der Waals surface area contributed by atoms with Gasteiger partial charge in [-0.3, -0.25) is 0 Å². The summed E-state index contributed by atoms with van der Waals surface area (Å²) in [4.78, 5) is 12.1. The highest BCUT2D eigenvalue weighted by Crippen LogP contribution is 2.25. The molecule has 5 nitrogen and oxygen atoms in total. The summed E-state index contributed by atoms with van der Waals surface area (Å²) < 4.78 is 5.22. The molecule has 0 aliphatic rings. The first-order chi connectivity index (χ1) is 9.78. The summed E-state index contributed by atoms with van der Waals surface area (Å²) in [6.07, 6.45) is 3.64. The molecule has 0 radical (unpaired) electrons. The van der Waals surface area contributed by atoms with Gasteiger partial charge in [0.05, 0.1) is 19.3 Å². The highest BCUT2D eigenvalue weighted by molar-refractivity contribution is 7.15. The Morgan fingerprint density at radius 1 is 1.30 bits per heavy atom. The minimum Gasteiger partial charge on any atom is -0.480 e. The van der Waals surface area contributed by atoms with Crippen LogP contribution in [-0.4, -0.2) is 30.2 Å². The zero-order valence-corrected chi connectivity index (χ0v) is 12.9. The molecule has 0 saturated carbocycles. The fourth-order valence-electron chi connectivity index (χ4n) is 1.89. The third kappa shape index (κ3) is 3.39. The van der Waals surface area contributed by atoms with Gasteiger partial charge in [-0.25, -0.2) is 9.97 Å². The Bertz CT molecular complexity index is 539. The number of anilines is 2. The van der Waals surface area contributed by atoms with Gasteiger partial charge in [0.1, 0.15) is 0 Å². The molecule has 0 aliphatic heterocycles. The Balaban J connectivity index is 2.01. The number of nitrogens with one attached hydrogen (secondary N) is 1. The number of hydrogen-bond donors (Lipinski definition) is 1. The SMILES string of the molecule is CCN(CC)c1ncc(CNc2cccnc2OC)s1. The quantitative estimate of drug-likeness (QED) is 0.850. The smallest absolute Gasteiger partial charge is 0.237 e. The first kappa shape index (κ1) is 14.6. The molecular formula is C14H20N4OS. The summed E-state index contributed by atoms with van der Waals surface area (Å²) in [6, 6.07) is 3.84. The van der Waals surface area contributed by atoms with Crippen LogP contribution in [0.3, 0.4) is 0 Å². The van der Waals surface area contributed by atoms with E-state index in [2.05, 4.69) is 34.0 Å². The molecule has 0 unspecified atom stereocenters. The van der Waals surface area contributed by atoms with Gasteiger partial charge >= 0.3 is 0 Å². The minimum absolute atomic E-state index is 0.612. The van der Waals surface area contributed by atoms with E-state index in [-0.39, 0.29) is 0 Å². The van der Waals surface area contributed by atoms with Gasteiger partial charge in [0, 0.05) is 30.4 Å². The molecule has 2 aromatic rings. The van der Waals surface area contributed by atoms with Gasteiger partial charge in [0.25, 0.3) is 0 Å². The molecule has 0 aliphatic carbocycles. The van der Waals surface area contributed by atoms with Gasteiger partial charge in [-0.15, -0.1) is 11.3 Å². The van der Waals surface area contributed by atoms with Crippen LogP contribution in [-0.2, 0) is 6.54 Å². The van der Waals surface area contributed by atoms with Crippen LogP contribution in [0.2, 0.25) is 0 Å². The van der Waals surface area contributed by atoms with Gasteiger partial charge in [0.15, 0.2) is 5.13 Å². The normalized spacial score (nSPS) is 10.3. The van der Waals surface area contributed by atoms with Crippen LogP contribution in [0.25, 0.3) is 0 Å².